The fourth-order valence-corrected chi connectivity index (χ4v) is 4.31. The van der Waals surface area contributed by atoms with Crippen molar-refractivity contribution in [3.05, 3.63) is 71.3 Å². The Morgan fingerprint density at radius 1 is 1.06 bits per heavy atom. The highest BCUT2D eigenvalue weighted by molar-refractivity contribution is 5.67. The van der Waals surface area contributed by atoms with E-state index in [2.05, 4.69) is 11.8 Å². The first-order chi connectivity index (χ1) is 14.9. The highest BCUT2D eigenvalue weighted by Crippen LogP contribution is 2.28. The summed E-state index contributed by atoms with van der Waals surface area (Å²) in [5.74, 6) is -0.656. The van der Waals surface area contributed by atoms with Gasteiger partial charge >= 0.3 is 5.97 Å². The molecule has 2 aromatic rings. The van der Waals surface area contributed by atoms with Gasteiger partial charge in [-0.3, -0.25) is 4.79 Å². The third-order valence-electron chi connectivity index (χ3n) is 6.10. The smallest absolute Gasteiger partial charge is 0.303 e. The molecule has 31 heavy (non-hydrogen) atoms. The number of carbonyl (C=O) groups is 1. The Morgan fingerprint density at radius 3 is 2.16 bits per heavy atom. The number of unbranched alkanes of at least 4 members (excludes halogenated alkanes) is 1. The van der Waals surface area contributed by atoms with Crippen molar-refractivity contribution in [3.8, 4) is 0 Å². The largest absolute Gasteiger partial charge is 0.481 e. The molecule has 1 heterocycles. The Labute approximate surface area is 182 Å². The maximum absolute atomic E-state index is 13.3. The molecule has 1 saturated heterocycles. The first-order valence-corrected chi connectivity index (χ1v) is 11.0. The van der Waals surface area contributed by atoms with Crippen LogP contribution in [0.4, 0.5) is 8.78 Å². The molecule has 0 saturated carbocycles. The van der Waals surface area contributed by atoms with Gasteiger partial charge in [-0.1, -0.05) is 31.2 Å². The van der Waals surface area contributed by atoms with Crippen molar-refractivity contribution in [3.63, 3.8) is 0 Å². The summed E-state index contributed by atoms with van der Waals surface area (Å²) in [6.45, 7) is 5.53. The van der Waals surface area contributed by atoms with Crippen LogP contribution in [0.15, 0.2) is 48.5 Å². The zero-order valence-corrected chi connectivity index (χ0v) is 18.0. The second-order valence-electron chi connectivity index (χ2n) is 8.49. The van der Waals surface area contributed by atoms with Crippen LogP contribution in [-0.2, 0) is 9.53 Å². The summed E-state index contributed by atoms with van der Waals surface area (Å²) in [5, 5.41) is 9.02. The minimum atomic E-state index is -0.709. The van der Waals surface area contributed by atoms with E-state index in [1.54, 1.807) is 24.3 Å². The second-order valence-corrected chi connectivity index (χ2v) is 8.49. The molecule has 0 bridgehead atoms. The van der Waals surface area contributed by atoms with Gasteiger partial charge in [0.2, 0.25) is 0 Å². The van der Waals surface area contributed by atoms with Crippen LogP contribution in [0.25, 0.3) is 0 Å². The Bertz CT molecular complexity index is 780. The van der Waals surface area contributed by atoms with Crippen molar-refractivity contribution in [2.75, 3.05) is 26.2 Å². The number of nitrogens with zero attached hydrogens (tertiary/aromatic N) is 1. The molecule has 3 rings (SSSR count). The van der Waals surface area contributed by atoms with Crippen LogP contribution in [0.3, 0.4) is 0 Å². The standard InChI is InChI=1S/C25H31F2NO3/c1-18-17-28(14-12-21(18)16-24(29)30)13-2-3-15-31-25(19-4-8-22(26)9-5-19)20-6-10-23(27)11-7-20/h4-11,18,21,25H,2-3,12-17H2,1H3,(H,29,30). The zero-order valence-electron chi connectivity index (χ0n) is 18.0. The van der Waals surface area contributed by atoms with E-state index in [1.807, 2.05) is 0 Å². The van der Waals surface area contributed by atoms with Gasteiger partial charge in [0.05, 0.1) is 0 Å². The van der Waals surface area contributed by atoms with Gasteiger partial charge in [-0.15, -0.1) is 0 Å². The normalized spacial score (nSPS) is 19.6. The molecule has 0 aromatic heterocycles. The van der Waals surface area contributed by atoms with Crippen LogP contribution in [0.2, 0.25) is 0 Å². The molecule has 1 N–H and O–H groups in total. The number of likely N-dealkylation sites (tertiary alicyclic amines) is 1. The zero-order chi connectivity index (χ0) is 22.2. The third-order valence-corrected chi connectivity index (χ3v) is 6.10. The first-order valence-electron chi connectivity index (χ1n) is 11.0. The molecule has 2 aromatic carbocycles. The van der Waals surface area contributed by atoms with Crippen LogP contribution < -0.4 is 0 Å². The second kappa shape index (κ2) is 11.3. The third kappa shape index (κ3) is 7.11. The van der Waals surface area contributed by atoms with E-state index in [1.165, 1.54) is 24.3 Å². The molecule has 1 aliphatic heterocycles. The number of ether oxygens (including phenoxy) is 1. The van der Waals surface area contributed by atoms with Gasteiger partial charge in [-0.05, 0) is 79.6 Å². The number of aliphatic carboxylic acids is 1. The topological polar surface area (TPSA) is 49.8 Å². The lowest BCUT2D eigenvalue weighted by atomic mass is 9.84. The van der Waals surface area contributed by atoms with Crippen LogP contribution in [-0.4, -0.2) is 42.2 Å². The summed E-state index contributed by atoms with van der Waals surface area (Å²) in [7, 11) is 0. The lowest BCUT2D eigenvalue weighted by Crippen LogP contribution is -2.40. The monoisotopic (exact) mass is 431 g/mol. The van der Waals surface area contributed by atoms with Crippen LogP contribution >= 0.6 is 0 Å². The molecule has 0 amide bonds. The van der Waals surface area contributed by atoms with E-state index in [4.69, 9.17) is 9.84 Å². The van der Waals surface area contributed by atoms with E-state index in [9.17, 15) is 13.6 Å². The van der Waals surface area contributed by atoms with E-state index >= 15 is 0 Å². The number of hydrogen-bond acceptors (Lipinski definition) is 3. The van der Waals surface area contributed by atoms with Gasteiger partial charge in [0.25, 0.3) is 0 Å². The van der Waals surface area contributed by atoms with E-state index in [0.29, 0.717) is 12.5 Å². The average Bonchev–Trinajstić information content (AvgIpc) is 2.74. The van der Waals surface area contributed by atoms with Crippen molar-refractivity contribution in [1.29, 1.82) is 0 Å². The molecule has 2 unspecified atom stereocenters. The summed E-state index contributed by atoms with van der Waals surface area (Å²) >= 11 is 0. The molecule has 6 heteroatoms. The van der Waals surface area contributed by atoms with Gasteiger partial charge < -0.3 is 14.7 Å². The predicted molar refractivity (Wildman–Crippen MR) is 116 cm³/mol. The Hall–Kier alpha value is -2.31. The molecular formula is C25H31F2NO3. The molecule has 0 radical (unpaired) electrons. The van der Waals surface area contributed by atoms with Gasteiger partial charge in [-0.2, -0.15) is 0 Å². The van der Waals surface area contributed by atoms with Crippen LogP contribution in [0, 0.1) is 23.5 Å². The van der Waals surface area contributed by atoms with Gasteiger partial charge in [0, 0.05) is 19.6 Å². The van der Waals surface area contributed by atoms with Crippen molar-refractivity contribution >= 4 is 5.97 Å². The fourth-order valence-electron chi connectivity index (χ4n) is 4.31. The lowest BCUT2D eigenvalue weighted by Gasteiger charge is -2.36. The van der Waals surface area contributed by atoms with E-state index in [-0.39, 0.29) is 30.1 Å². The summed E-state index contributed by atoms with van der Waals surface area (Å²) in [6.07, 6.45) is 2.68. The van der Waals surface area contributed by atoms with Crippen molar-refractivity contribution < 1.29 is 23.4 Å². The maximum Gasteiger partial charge on any atom is 0.303 e. The fraction of sp³-hybridized carbons (Fsp3) is 0.480. The molecule has 0 aliphatic carbocycles. The van der Waals surface area contributed by atoms with Gasteiger partial charge in [-0.25, -0.2) is 8.78 Å². The molecule has 1 aliphatic rings. The van der Waals surface area contributed by atoms with Gasteiger partial charge in [0.1, 0.15) is 17.7 Å². The van der Waals surface area contributed by atoms with Gasteiger partial charge in [0.15, 0.2) is 0 Å². The highest BCUT2D eigenvalue weighted by Gasteiger charge is 2.27. The number of rotatable bonds is 10. The number of benzene rings is 2. The van der Waals surface area contributed by atoms with Crippen molar-refractivity contribution in [2.45, 2.75) is 38.7 Å². The number of hydrogen-bond donors (Lipinski definition) is 1. The van der Waals surface area contributed by atoms with E-state index in [0.717, 1.165) is 50.0 Å². The van der Waals surface area contributed by atoms with Crippen LogP contribution in [0.1, 0.15) is 49.8 Å². The molecule has 0 spiro atoms. The summed E-state index contributed by atoms with van der Waals surface area (Å²) < 4.78 is 32.8. The van der Waals surface area contributed by atoms with E-state index < -0.39 is 5.97 Å². The summed E-state index contributed by atoms with van der Waals surface area (Å²) in [4.78, 5) is 13.4. The average molecular weight is 432 g/mol. The minimum Gasteiger partial charge on any atom is -0.481 e. The maximum atomic E-state index is 13.3. The lowest BCUT2D eigenvalue weighted by molar-refractivity contribution is -0.139. The molecular weight excluding hydrogens is 400 g/mol. The summed E-state index contributed by atoms with van der Waals surface area (Å²) in [5.41, 5.74) is 1.67. The Morgan fingerprint density at radius 2 is 1.65 bits per heavy atom. The first kappa shape index (κ1) is 23.4. The van der Waals surface area contributed by atoms with Crippen molar-refractivity contribution in [2.24, 2.45) is 11.8 Å². The quantitative estimate of drug-likeness (QED) is 0.520. The Kier molecular flexibility index (Phi) is 8.55. The number of halogens is 2. The molecule has 168 valence electrons. The highest BCUT2D eigenvalue weighted by atomic mass is 19.1. The van der Waals surface area contributed by atoms with Crippen molar-refractivity contribution in [1.82, 2.24) is 4.90 Å². The number of piperidine rings is 1. The molecule has 2 atom stereocenters. The molecule has 1 fully saturated rings. The summed E-state index contributed by atoms with van der Waals surface area (Å²) in [6, 6.07) is 12.4. The van der Waals surface area contributed by atoms with Crippen LogP contribution in [0.5, 0.6) is 0 Å². The minimum absolute atomic E-state index is 0.261. The Balaban J connectivity index is 1.47. The predicted octanol–water partition coefficient (Wildman–Crippen LogP) is 5.28. The molecule has 4 nitrogen and oxygen atoms in total. The SMILES string of the molecule is CC1CN(CCCCOC(c2ccc(F)cc2)c2ccc(F)cc2)CCC1CC(=O)O. The number of carboxylic acid groups (broad SMARTS) is 1. The number of carboxylic acids is 1.